The summed E-state index contributed by atoms with van der Waals surface area (Å²) in [6, 6.07) is 5.62. The van der Waals surface area contributed by atoms with Crippen molar-refractivity contribution in [2.45, 2.75) is 18.5 Å². The van der Waals surface area contributed by atoms with E-state index >= 15 is 0 Å². The number of nitrogens with two attached hydrogens (primary N) is 1. The predicted octanol–water partition coefficient (Wildman–Crippen LogP) is 3.56. The number of aromatic amines is 1. The van der Waals surface area contributed by atoms with Crippen LogP contribution < -0.4 is 16.9 Å². The average Bonchev–Trinajstić information content (AvgIpc) is 3.45. The van der Waals surface area contributed by atoms with E-state index in [9.17, 15) is 14.9 Å². The molecule has 0 aliphatic carbocycles. The summed E-state index contributed by atoms with van der Waals surface area (Å²) >= 11 is 4.02. The monoisotopic (exact) mass is 454 g/mol. The molecule has 0 fully saturated rings. The molecule has 8 nitrogen and oxygen atoms in total. The van der Waals surface area contributed by atoms with Gasteiger partial charge in [0.1, 0.15) is 26.8 Å². The number of anilines is 1. The number of rotatable bonds is 4. The van der Waals surface area contributed by atoms with Crippen molar-refractivity contribution in [2.24, 2.45) is 0 Å². The van der Waals surface area contributed by atoms with Gasteiger partial charge in [-0.05, 0) is 29.3 Å². The SMILES string of the molecule is CCCSc1nc2ccsc2c(=O)n1-c1c(N)c(C#N)n2c(=O)c3sccc3[nH]c12. The minimum Gasteiger partial charge on any atom is -0.395 e. The van der Waals surface area contributed by atoms with E-state index in [-0.39, 0.29) is 28.2 Å². The van der Waals surface area contributed by atoms with Crippen LogP contribution in [0.5, 0.6) is 0 Å². The van der Waals surface area contributed by atoms with Crippen molar-refractivity contribution in [3.63, 3.8) is 0 Å². The van der Waals surface area contributed by atoms with Crippen molar-refractivity contribution >= 4 is 66.2 Å². The maximum Gasteiger partial charge on any atom is 0.276 e. The van der Waals surface area contributed by atoms with Gasteiger partial charge in [-0.1, -0.05) is 18.7 Å². The second-order valence-electron chi connectivity index (χ2n) is 6.52. The van der Waals surface area contributed by atoms with Crippen molar-refractivity contribution in [3.8, 4) is 11.8 Å². The third-order valence-corrected chi connectivity index (χ3v) is 7.65. The maximum atomic E-state index is 13.4. The number of thiophene rings is 2. The number of nitrogen functional groups attached to an aromatic ring is 1. The van der Waals surface area contributed by atoms with Crippen LogP contribution in [0.1, 0.15) is 19.0 Å². The number of nitrogens with one attached hydrogen (secondary N) is 1. The van der Waals surface area contributed by atoms with Crippen LogP contribution in [0.3, 0.4) is 0 Å². The van der Waals surface area contributed by atoms with Crippen LogP contribution in [0.15, 0.2) is 37.6 Å². The Morgan fingerprint density at radius 2 is 2.00 bits per heavy atom. The molecule has 0 saturated carbocycles. The van der Waals surface area contributed by atoms with Crippen LogP contribution in [0.4, 0.5) is 5.69 Å². The lowest BCUT2D eigenvalue weighted by Crippen LogP contribution is -2.22. The van der Waals surface area contributed by atoms with Gasteiger partial charge in [0.2, 0.25) is 0 Å². The van der Waals surface area contributed by atoms with Crippen LogP contribution in [0.25, 0.3) is 31.8 Å². The van der Waals surface area contributed by atoms with Gasteiger partial charge in [-0.2, -0.15) is 5.26 Å². The zero-order valence-corrected chi connectivity index (χ0v) is 18.1. The third-order valence-electron chi connectivity index (χ3n) is 4.71. The lowest BCUT2D eigenvalue weighted by Gasteiger charge is -2.12. The summed E-state index contributed by atoms with van der Waals surface area (Å²) in [4.78, 5) is 34.4. The highest BCUT2D eigenvalue weighted by Gasteiger charge is 2.25. The largest absolute Gasteiger partial charge is 0.395 e. The molecule has 0 unspecified atom stereocenters. The van der Waals surface area contributed by atoms with Crippen LogP contribution in [-0.4, -0.2) is 24.7 Å². The molecule has 0 atom stereocenters. The minimum absolute atomic E-state index is 0.00108. The van der Waals surface area contributed by atoms with Crippen molar-refractivity contribution in [1.29, 1.82) is 5.26 Å². The molecule has 0 bridgehead atoms. The van der Waals surface area contributed by atoms with Crippen molar-refractivity contribution < 1.29 is 0 Å². The van der Waals surface area contributed by atoms with Gasteiger partial charge in [0.15, 0.2) is 10.9 Å². The second-order valence-corrected chi connectivity index (χ2v) is 9.41. The lowest BCUT2D eigenvalue weighted by atomic mass is 10.3. The Bertz CT molecular complexity index is 1610. The molecule has 0 radical (unpaired) electrons. The molecule has 5 rings (SSSR count). The van der Waals surface area contributed by atoms with E-state index in [4.69, 9.17) is 5.73 Å². The van der Waals surface area contributed by atoms with E-state index in [1.165, 1.54) is 43.4 Å². The summed E-state index contributed by atoms with van der Waals surface area (Å²) in [5.41, 5.74) is 7.64. The molecule has 0 aliphatic heterocycles. The number of fused-ring (bicyclic) bond motifs is 3. The summed E-state index contributed by atoms with van der Waals surface area (Å²) in [7, 11) is 0. The minimum atomic E-state index is -0.343. The number of thioether (sulfide) groups is 1. The van der Waals surface area contributed by atoms with E-state index in [0.717, 1.165) is 12.2 Å². The van der Waals surface area contributed by atoms with Gasteiger partial charge < -0.3 is 10.7 Å². The molecule has 0 aliphatic rings. The van der Waals surface area contributed by atoms with E-state index < -0.39 is 0 Å². The smallest absolute Gasteiger partial charge is 0.276 e. The highest BCUT2D eigenvalue weighted by Crippen LogP contribution is 2.32. The summed E-state index contributed by atoms with van der Waals surface area (Å²) < 4.78 is 3.66. The van der Waals surface area contributed by atoms with E-state index in [1.54, 1.807) is 17.5 Å². The van der Waals surface area contributed by atoms with Gasteiger partial charge in [-0.3, -0.25) is 9.59 Å². The number of hydrogen-bond donors (Lipinski definition) is 2. The molecular formula is C19H14N6O2S3. The first kappa shape index (κ1) is 18.9. The number of nitriles is 1. The number of hydrogen-bond acceptors (Lipinski definition) is 8. The van der Waals surface area contributed by atoms with E-state index in [2.05, 4.69) is 9.97 Å². The molecular weight excluding hydrogens is 440 g/mol. The van der Waals surface area contributed by atoms with Gasteiger partial charge in [-0.15, -0.1) is 22.7 Å². The number of aromatic nitrogens is 4. The Balaban J connectivity index is 1.98. The van der Waals surface area contributed by atoms with Crippen molar-refractivity contribution in [1.82, 2.24) is 18.9 Å². The van der Waals surface area contributed by atoms with Crippen LogP contribution in [0.2, 0.25) is 0 Å². The first-order valence-corrected chi connectivity index (χ1v) is 11.8. The van der Waals surface area contributed by atoms with Crippen LogP contribution >= 0.6 is 34.4 Å². The molecule has 5 heterocycles. The highest BCUT2D eigenvalue weighted by atomic mass is 32.2. The molecule has 3 N–H and O–H groups in total. The zero-order chi connectivity index (χ0) is 21.0. The lowest BCUT2D eigenvalue weighted by molar-refractivity contribution is 0.826. The summed E-state index contributed by atoms with van der Waals surface area (Å²) in [6.07, 6.45) is 0.893. The zero-order valence-electron chi connectivity index (χ0n) is 15.6. The Morgan fingerprint density at radius 3 is 2.77 bits per heavy atom. The first-order valence-electron chi connectivity index (χ1n) is 9.03. The topological polar surface area (TPSA) is 122 Å². The Hall–Kier alpha value is -3.07. The fraction of sp³-hybridized carbons (Fsp3) is 0.158. The summed E-state index contributed by atoms with van der Waals surface area (Å²) in [5, 5.41) is 13.8. The van der Waals surface area contributed by atoms with Gasteiger partial charge in [-0.25, -0.2) is 14.0 Å². The molecule has 5 aromatic rings. The standard InChI is InChI=1S/C19H14N6O2S3/c1-2-5-30-19-23-10-4-7-29-15(10)18(27)25(19)13-12(21)11(8-20)24-16(13)22-9-3-6-28-14(9)17(24)26/h3-4,6-7,22H,2,5,21H2,1H3. The molecule has 0 spiro atoms. The molecule has 30 heavy (non-hydrogen) atoms. The third kappa shape index (κ3) is 2.54. The number of H-pyrrole nitrogens is 1. The Morgan fingerprint density at radius 1 is 1.23 bits per heavy atom. The first-order chi connectivity index (χ1) is 14.6. The van der Waals surface area contributed by atoms with Crippen molar-refractivity contribution in [3.05, 3.63) is 49.3 Å². The normalized spacial score (nSPS) is 11.6. The second kappa shape index (κ2) is 7.02. The average molecular weight is 455 g/mol. The van der Waals surface area contributed by atoms with Gasteiger partial charge >= 0.3 is 0 Å². The summed E-state index contributed by atoms with van der Waals surface area (Å²) in [6.45, 7) is 2.04. The fourth-order valence-electron chi connectivity index (χ4n) is 3.41. The number of nitrogens with zero attached hydrogens (tertiary/aromatic N) is 4. The molecule has 150 valence electrons. The molecule has 11 heteroatoms. The highest BCUT2D eigenvalue weighted by molar-refractivity contribution is 7.99. The Labute approximate surface area is 181 Å². The molecule has 0 amide bonds. The molecule has 0 saturated heterocycles. The fourth-order valence-corrected chi connectivity index (χ4v) is 5.81. The quantitative estimate of drug-likeness (QED) is 0.316. The van der Waals surface area contributed by atoms with E-state index in [0.29, 0.717) is 31.2 Å². The van der Waals surface area contributed by atoms with Crippen molar-refractivity contribution in [2.75, 3.05) is 11.5 Å². The van der Waals surface area contributed by atoms with Crippen LogP contribution in [0, 0.1) is 11.3 Å². The van der Waals surface area contributed by atoms with Crippen LogP contribution in [-0.2, 0) is 0 Å². The van der Waals surface area contributed by atoms with Gasteiger partial charge in [0.05, 0.1) is 16.7 Å². The summed E-state index contributed by atoms with van der Waals surface area (Å²) in [5.74, 6) is 0.754. The molecule has 0 aromatic carbocycles. The Kier molecular flexibility index (Phi) is 4.43. The predicted molar refractivity (Wildman–Crippen MR) is 122 cm³/mol. The molecule has 5 aromatic heterocycles. The van der Waals surface area contributed by atoms with Gasteiger partial charge in [0.25, 0.3) is 11.1 Å². The van der Waals surface area contributed by atoms with E-state index in [1.807, 2.05) is 18.4 Å². The maximum absolute atomic E-state index is 13.4. The van der Waals surface area contributed by atoms with Gasteiger partial charge in [0, 0.05) is 5.75 Å².